The Morgan fingerprint density at radius 1 is 0.884 bits per heavy atom. The summed E-state index contributed by atoms with van der Waals surface area (Å²) in [6.07, 6.45) is 0.710. The number of nitrogens with one attached hydrogen (secondary N) is 1. The Labute approximate surface area is 255 Å². The van der Waals surface area contributed by atoms with Gasteiger partial charge in [0.1, 0.15) is 17.2 Å². The zero-order chi connectivity index (χ0) is 30.6. The number of hydrogen-bond acceptors (Lipinski definition) is 8. The minimum Gasteiger partial charge on any atom is -0.497 e. The molecule has 43 heavy (non-hydrogen) atoms. The van der Waals surface area contributed by atoms with Crippen LogP contribution in [-0.4, -0.2) is 77.1 Å². The molecular formula is C34H44N2O7. The van der Waals surface area contributed by atoms with Gasteiger partial charge in [0.25, 0.3) is 5.91 Å². The molecule has 1 heterocycles. The number of ether oxygens (including phenoxy) is 6. The van der Waals surface area contributed by atoms with E-state index in [0.717, 1.165) is 42.3 Å². The predicted molar refractivity (Wildman–Crippen MR) is 166 cm³/mol. The summed E-state index contributed by atoms with van der Waals surface area (Å²) in [7, 11) is 4.89. The second-order valence-electron chi connectivity index (χ2n) is 10.8. The third kappa shape index (κ3) is 9.10. The van der Waals surface area contributed by atoms with Gasteiger partial charge in [-0.25, -0.2) is 0 Å². The van der Waals surface area contributed by atoms with Crippen LogP contribution >= 0.6 is 0 Å². The Morgan fingerprint density at radius 2 is 1.67 bits per heavy atom. The van der Waals surface area contributed by atoms with Crippen LogP contribution in [0.1, 0.15) is 36.2 Å². The maximum Gasteiger partial charge on any atom is 0.254 e. The van der Waals surface area contributed by atoms with E-state index in [-0.39, 0.29) is 24.0 Å². The van der Waals surface area contributed by atoms with Gasteiger partial charge < -0.3 is 38.6 Å². The molecule has 2 atom stereocenters. The van der Waals surface area contributed by atoms with Crippen molar-refractivity contribution in [3.8, 4) is 28.7 Å². The maximum atomic E-state index is 13.7. The maximum absolute atomic E-state index is 13.7. The number of methoxy groups -OCH3 is 3. The summed E-state index contributed by atoms with van der Waals surface area (Å²) < 4.78 is 34.1. The van der Waals surface area contributed by atoms with Gasteiger partial charge in [0.2, 0.25) is 0 Å². The smallest absolute Gasteiger partial charge is 0.254 e. The first kappa shape index (κ1) is 32.1. The van der Waals surface area contributed by atoms with E-state index in [1.807, 2.05) is 67.3 Å². The number of nitrogens with zero attached hydrogens (tertiary/aromatic N) is 1. The van der Waals surface area contributed by atoms with Crippen LogP contribution in [0.15, 0.2) is 66.7 Å². The summed E-state index contributed by atoms with van der Waals surface area (Å²) in [5.41, 5.74) is 1.58. The Kier molecular flexibility index (Phi) is 12.1. The lowest BCUT2D eigenvalue weighted by Crippen LogP contribution is -2.43. The van der Waals surface area contributed by atoms with Gasteiger partial charge >= 0.3 is 0 Å². The molecule has 1 amide bonds. The van der Waals surface area contributed by atoms with Gasteiger partial charge in [0.15, 0.2) is 11.5 Å². The lowest BCUT2D eigenvalue weighted by Gasteiger charge is -2.31. The van der Waals surface area contributed by atoms with Crippen LogP contribution in [0.4, 0.5) is 0 Å². The number of carbonyl (C=O) groups excluding carboxylic acids is 1. The highest BCUT2D eigenvalue weighted by molar-refractivity contribution is 5.95. The molecule has 1 aliphatic heterocycles. The molecule has 1 aliphatic rings. The highest BCUT2D eigenvalue weighted by Crippen LogP contribution is 2.30. The van der Waals surface area contributed by atoms with E-state index < -0.39 is 0 Å². The minimum absolute atomic E-state index is 0.00806. The van der Waals surface area contributed by atoms with E-state index >= 15 is 0 Å². The summed E-state index contributed by atoms with van der Waals surface area (Å²) in [5, 5.41) is 3.45. The van der Waals surface area contributed by atoms with E-state index in [9.17, 15) is 4.79 Å². The first-order valence-corrected chi connectivity index (χ1v) is 14.8. The SMILES string of the molecule is COCCCOc1cc(C(=O)N(C[C@@H]2CNCC2OCc2cccc(Oc3ccc(OC)cc3)c2)C(C)C)ccc1OC. The third-order valence-corrected chi connectivity index (χ3v) is 7.41. The van der Waals surface area contributed by atoms with Crippen LogP contribution < -0.4 is 24.3 Å². The molecule has 4 rings (SSSR count). The molecule has 0 saturated carbocycles. The van der Waals surface area contributed by atoms with Crippen LogP contribution in [0.5, 0.6) is 28.7 Å². The van der Waals surface area contributed by atoms with E-state index in [1.54, 1.807) is 39.5 Å². The molecule has 1 N–H and O–H groups in total. The van der Waals surface area contributed by atoms with Crippen molar-refractivity contribution in [2.24, 2.45) is 5.92 Å². The molecule has 3 aromatic carbocycles. The van der Waals surface area contributed by atoms with Gasteiger partial charge in [-0.15, -0.1) is 0 Å². The van der Waals surface area contributed by atoms with E-state index in [4.69, 9.17) is 28.4 Å². The van der Waals surface area contributed by atoms with Crippen molar-refractivity contribution in [3.63, 3.8) is 0 Å². The van der Waals surface area contributed by atoms with Gasteiger partial charge in [-0.1, -0.05) is 12.1 Å². The summed E-state index contributed by atoms with van der Waals surface area (Å²) in [5.74, 6) is 3.50. The normalized spacial score (nSPS) is 16.2. The standard InChI is InChI=1S/C34H44N2O7/c1-24(2)36(34(37)26-10-15-31(40-5)32(19-26)41-17-7-16-38-3)22-27-20-35-21-33(27)42-23-25-8-6-9-30(18-25)43-29-13-11-28(39-4)12-14-29/h6,8-15,18-19,24,27,33,35H,7,16-17,20-23H2,1-5H3/t27-,33?/m0/s1. The molecule has 9 heteroatoms. The lowest BCUT2D eigenvalue weighted by molar-refractivity contribution is 0.0128. The molecule has 3 aromatic rings. The lowest BCUT2D eigenvalue weighted by atomic mass is 10.0. The molecule has 0 spiro atoms. The van der Waals surface area contributed by atoms with Gasteiger partial charge in [-0.3, -0.25) is 4.79 Å². The fourth-order valence-corrected chi connectivity index (χ4v) is 5.02. The zero-order valence-corrected chi connectivity index (χ0v) is 25.8. The summed E-state index contributed by atoms with van der Waals surface area (Å²) in [4.78, 5) is 15.6. The van der Waals surface area contributed by atoms with Gasteiger partial charge in [-0.2, -0.15) is 0 Å². The van der Waals surface area contributed by atoms with Crippen LogP contribution in [0.25, 0.3) is 0 Å². The summed E-state index contributed by atoms with van der Waals surface area (Å²) >= 11 is 0. The predicted octanol–water partition coefficient (Wildman–Crippen LogP) is 5.57. The van der Waals surface area contributed by atoms with Gasteiger partial charge in [0, 0.05) is 57.3 Å². The first-order chi connectivity index (χ1) is 20.9. The zero-order valence-electron chi connectivity index (χ0n) is 25.8. The fraction of sp³-hybridized carbons (Fsp3) is 0.441. The average Bonchev–Trinajstić information content (AvgIpc) is 3.48. The Morgan fingerprint density at radius 3 is 2.40 bits per heavy atom. The molecule has 9 nitrogen and oxygen atoms in total. The van der Waals surface area contributed by atoms with Gasteiger partial charge in [0.05, 0.1) is 33.5 Å². The van der Waals surface area contributed by atoms with E-state index in [0.29, 0.717) is 43.4 Å². The number of carbonyl (C=O) groups is 1. The van der Waals surface area contributed by atoms with Gasteiger partial charge in [-0.05, 0) is 74.0 Å². The molecule has 0 radical (unpaired) electrons. The number of hydrogen-bond donors (Lipinski definition) is 1. The second kappa shape index (κ2) is 16.2. The first-order valence-electron chi connectivity index (χ1n) is 14.8. The Hall–Kier alpha value is -3.79. The van der Waals surface area contributed by atoms with Crippen molar-refractivity contribution in [1.82, 2.24) is 10.2 Å². The highest BCUT2D eigenvalue weighted by Gasteiger charge is 2.32. The number of rotatable bonds is 16. The van der Waals surface area contributed by atoms with Crippen molar-refractivity contribution in [2.75, 3.05) is 54.2 Å². The second-order valence-corrected chi connectivity index (χ2v) is 10.8. The molecular weight excluding hydrogens is 548 g/mol. The highest BCUT2D eigenvalue weighted by atomic mass is 16.5. The fourth-order valence-electron chi connectivity index (χ4n) is 5.02. The molecule has 0 aromatic heterocycles. The Balaban J connectivity index is 1.37. The molecule has 0 bridgehead atoms. The van der Waals surface area contributed by atoms with Crippen molar-refractivity contribution in [3.05, 3.63) is 77.9 Å². The van der Waals surface area contributed by atoms with Crippen LogP contribution in [0.3, 0.4) is 0 Å². The molecule has 1 fully saturated rings. The third-order valence-electron chi connectivity index (χ3n) is 7.41. The van der Waals surface area contributed by atoms with Crippen molar-refractivity contribution in [1.29, 1.82) is 0 Å². The van der Waals surface area contributed by atoms with E-state index in [2.05, 4.69) is 5.32 Å². The topological polar surface area (TPSA) is 87.7 Å². The summed E-state index contributed by atoms with van der Waals surface area (Å²) in [6.45, 7) is 7.67. The monoisotopic (exact) mass is 592 g/mol. The van der Waals surface area contributed by atoms with Crippen LogP contribution in [0.2, 0.25) is 0 Å². The quantitative estimate of drug-likeness (QED) is 0.216. The molecule has 1 unspecified atom stereocenters. The number of benzene rings is 3. The van der Waals surface area contributed by atoms with E-state index in [1.165, 1.54) is 0 Å². The van der Waals surface area contributed by atoms with Crippen LogP contribution in [-0.2, 0) is 16.1 Å². The van der Waals surface area contributed by atoms with Crippen LogP contribution in [0, 0.1) is 5.92 Å². The molecule has 0 aliphatic carbocycles. The largest absolute Gasteiger partial charge is 0.497 e. The average molecular weight is 593 g/mol. The Bertz CT molecular complexity index is 1300. The minimum atomic E-state index is -0.0478. The van der Waals surface area contributed by atoms with Crippen molar-refractivity contribution in [2.45, 2.75) is 39.0 Å². The van der Waals surface area contributed by atoms with Crippen molar-refractivity contribution < 1.29 is 33.2 Å². The summed E-state index contributed by atoms with van der Waals surface area (Å²) in [6, 6.07) is 20.8. The molecule has 1 saturated heterocycles. The van der Waals surface area contributed by atoms with Crippen molar-refractivity contribution >= 4 is 5.91 Å². The molecule has 232 valence electrons. The number of amides is 1.